The Morgan fingerprint density at radius 1 is 1.27 bits per heavy atom. The summed E-state index contributed by atoms with van der Waals surface area (Å²) >= 11 is 0. The molecular weight excluding hydrogens is 407 g/mol. The minimum Gasteiger partial charge on any atom is -0.465 e. The molecular formula is C18H24F3N5O4. The summed E-state index contributed by atoms with van der Waals surface area (Å²) < 4.78 is 43.4. The molecule has 0 saturated carbocycles. The number of hydrogen-bond donors (Lipinski definition) is 2. The summed E-state index contributed by atoms with van der Waals surface area (Å²) in [5, 5.41) is 11.0. The molecule has 0 radical (unpaired) electrons. The predicted octanol–water partition coefficient (Wildman–Crippen LogP) is 1.74. The quantitative estimate of drug-likeness (QED) is 0.706. The van der Waals surface area contributed by atoms with Crippen LogP contribution in [0.4, 0.5) is 23.8 Å². The van der Waals surface area contributed by atoms with Gasteiger partial charge in [0.25, 0.3) is 5.91 Å². The van der Waals surface area contributed by atoms with E-state index in [9.17, 15) is 22.8 Å². The number of hydrogen-bond acceptors (Lipinski definition) is 6. The fourth-order valence-corrected chi connectivity index (χ4v) is 3.74. The van der Waals surface area contributed by atoms with Gasteiger partial charge in [0.05, 0.1) is 25.0 Å². The molecule has 2 unspecified atom stereocenters. The maximum atomic E-state index is 12.6. The van der Waals surface area contributed by atoms with Gasteiger partial charge in [-0.25, -0.2) is 14.8 Å². The molecule has 1 aromatic heterocycles. The number of halogens is 3. The van der Waals surface area contributed by atoms with Crippen molar-refractivity contribution >= 4 is 17.8 Å². The Kier molecular flexibility index (Phi) is 6.64. The van der Waals surface area contributed by atoms with Crippen molar-refractivity contribution in [3.8, 4) is 0 Å². The molecule has 3 heterocycles. The topological polar surface area (TPSA) is 108 Å². The first kappa shape index (κ1) is 22.1. The maximum absolute atomic E-state index is 12.6. The number of likely N-dealkylation sites (tertiary alicyclic amines) is 1. The highest BCUT2D eigenvalue weighted by atomic mass is 19.4. The highest BCUT2D eigenvalue weighted by Gasteiger charge is 2.38. The summed E-state index contributed by atoms with van der Waals surface area (Å²) in [5.41, 5.74) is -1.03. The summed E-state index contributed by atoms with van der Waals surface area (Å²) in [6.45, 7) is 3.45. The van der Waals surface area contributed by atoms with Crippen molar-refractivity contribution < 1.29 is 32.6 Å². The van der Waals surface area contributed by atoms with Gasteiger partial charge in [-0.2, -0.15) is 13.2 Å². The molecule has 2 aliphatic heterocycles. The largest absolute Gasteiger partial charge is 0.465 e. The maximum Gasteiger partial charge on any atom is 0.434 e. The van der Waals surface area contributed by atoms with Crippen molar-refractivity contribution in [2.75, 3.05) is 31.1 Å². The molecule has 2 fully saturated rings. The Morgan fingerprint density at radius 2 is 1.97 bits per heavy atom. The first-order chi connectivity index (χ1) is 14.1. The van der Waals surface area contributed by atoms with Crippen LogP contribution < -0.4 is 10.2 Å². The number of aromatic nitrogens is 2. The second kappa shape index (κ2) is 9.02. The minimum absolute atomic E-state index is 0.0272. The summed E-state index contributed by atoms with van der Waals surface area (Å²) in [5.74, 6) is 0.278. The highest BCUT2D eigenvalue weighted by Crippen LogP contribution is 2.29. The van der Waals surface area contributed by atoms with Crippen molar-refractivity contribution in [3.63, 3.8) is 0 Å². The molecule has 0 aromatic carbocycles. The van der Waals surface area contributed by atoms with Crippen LogP contribution in [0.25, 0.3) is 0 Å². The van der Waals surface area contributed by atoms with Crippen LogP contribution in [0.2, 0.25) is 0 Å². The van der Waals surface area contributed by atoms with Crippen molar-refractivity contribution in [2.24, 2.45) is 0 Å². The Bertz CT molecular complexity index is 753. The molecule has 2 aliphatic rings. The second-order valence-corrected chi connectivity index (χ2v) is 7.47. The Hall–Kier alpha value is -2.63. The molecule has 9 nitrogen and oxygen atoms in total. The minimum atomic E-state index is -4.52. The first-order valence-electron chi connectivity index (χ1n) is 9.71. The van der Waals surface area contributed by atoms with Crippen molar-refractivity contribution in [1.29, 1.82) is 0 Å². The van der Waals surface area contributed by atoms with E-state index in [0.717, 1.165) is 12.4 Å². The van der Waals surface area contributed by atoms with Gasteiger partial charge in [-0.05, 0) is 19.8 Å². The van der Waals surface area contributed by atoms with E-state index >= 15 is 0 Å². The van der Waals surface area contributed by atoms with Crippen LogP contribution in [0.5, 0.6) is 0 Å². The van der Waals surface area contributed by atoms with Crippen molar-refractivity contribution in [3.05, 3.63) is 18.1 Å². The smallest absolute Gasteiger partial charge is 0.434 e. The van der Waals surface area contributed by atoms with Gasteiger partial charge >= 0.3 is 12.3 Å². The Morgan fingerprint density at radius 3 is 2.53 bits per heavy atom. The average molecular weight is 431 g/mol. The standard InChI is InChI=1S/C18H24F3N5O4/c1-11(24-17(28)29)10-30-13-4-7-26(16(13)27)12-2-5-25(6-3-12)15-9-22-14(8-23-15)18(19,20)21/h8-9,11-13,24H,2-7,10H2,1H3,(H,28,29). The number of rotatable bonds is 6. The third-order valence-electron chi connectivity index (χ3n) is 5.27. The Balaban J connectivity index is 1.48. The molecule has 2 atom stereocenters. The van der Waals surface area contributed by atoms with Crippen molar-refractivity contribution in [1.82, 2.24) is 20.2 Å². The lowest BCUT2D eigenvalue weighted by Crippen LogP contribution is -2.47. The number of ether oxygens (including phenoxy) is 1. The van der Waals surface area contributed by atoms with Crippen LogP contribution in [0.3, 0.4) is 0 Å². The molecule has 2 N–H and O–H groups in total. The molecule has 12 heteroatoms. The fraction of sp³-hybridized carbons (Fsp3) is 0.667. The van der Waals surface area contributed by atoms with Gasteiger partial charge in [-0.1, -0.05) is 0 Å². The normalized spacial score (nSPS) is 21.7. The van der Waals surface area contributed by atoms with E-state index in [1.165, 1.54) is 0 Å². The van der Waals surface area contributed by atoms with Crippen LogP contribution >= 0.6 is 0 Å². The molecule has 0 aliphatic carbocycles. The monoisotopic (exact) mass is 431 g/mol. The average Bonchev–Trinajstić information content (AvgIpc) is 3.06. The zero-order valence-electron chi connectivity index (χ0n) is 16.4. The highest BCUT2D eigenvalue weighted by molar-refractivity contribution is 5.83. The van der Waals surface area contributed by atoms with E-state index in [0.29, 0.717) is 44.7 Å². The van der Waals surface area contributed by atoms with E-state index in [2.05, 4.69) is 15.3 Å². The summed E-state index contributed by atoms with van der Waals surface area (Å²) in [4.78, 5) is 34.2. The molecule has 166 valence electrons. The van der Waals surface area contributed by atoms with Crippen LogP contribution in [0, 0.1) is 0 Å². The van der Waals surface area contributed by atoms with E-state index in [1.54, 1.807) is 11.8 Å². The number of nitrogens with one attached hydrogen (secondary N) is 1. The van der Waals surface area contributed by atoms with E-state index < -0.39 is 30.1 Å². The van der Waals surface area contributed by atoms with Gasteiger partial charge in [0.15, 0.2) is 5.69 Å². The third kappa shape index (κ3) is 5.29. The first-order valence-corrected chi connectivity index (χ1v) is 9.71. The second-order valence-electron chi connectivity index (χ2n) is 7.47. The Labute approximate surface area is 171 Å². The number of carbonyl (C=O) groups is 2. The van der Waals surface area contributed by atoms with Crippen LogP contribution in [0.15, 0.2) is 12.4 Å². The van der Waals surface area contributed by atoms with Gasteiger partial charge in [-0.15, -0.1) is 0 Å². The number of carbonyl (C=O) groups excluding carboxylic acids is 1. The number of nitrogens with zero attached hydrogens (tertiary/aromatic N) is 4. The fourth-order valence-electron chi connectivity index (χ4n) is 3.74. The van der Waals surface area contributed by atoms with E-state index in [-0.39, 0.29) is 18.6 Å². The predicted molar refractivity (Wildman–Crippen MR) is 99.0 cm³/mol. The van der Waals surface area contributed by atoms with Gasteiger partial charge in [0.1, 0.15) is 11.9 Å². The van der Waals surface area contributed by atoms with Gasteiger partial charge in [-0.3, -0.25) is 4.79 Å². The summed E-state index contributed by atoms with van der Waals surface area (Å²) in [6, 6.07) is -0.392. The lowest BCUT2D eigenvalue weighted by atomic mass is 10.0. The van der Waals surface area contributed by atoms with Crippen LogP contribution in [0.1, 0.15) is 31.9 Å². The molecule has 2 saturated heterocycles. The zero-order chi connectivity index (χ0) is 21.9. The third-order valence-corrected chi connectivity index (χ3v) is 5.27. The summed E-state index contributed by atoms with van der Waals surface area (Å²) in [7, 11) is 0. The van der Waals surface area contributed by atoms with Gasteiger partial charge in [0.2, 0.25) is 0 Å². The molecule has 1 aromatic rings. The van der Waals surface area contributed by atoms with E-state index in [4.69, 9.17) is 9.84 Å². The molecule has 0 bridgehead atoms. The molecule has 0 spiro atoms. The molecule has 30 heavy (non-hydrogen) atoms. The number of piperidine rings is 1. The van der Waals surface area contributed by atoms with Crippen LogP contribution in [-0.2, 0) is 15.7 Å². The lowest BCUT2D eigenvalue weighted by Gasteiger charge is -2.37. The number of carboxylic acid groups (broad SMARTS) is 1. The van der Waals surface area contributed by atoms with Gasteiger partial charge < -0.3 is 25.0 Å². The molecule has 3 rings (SSSR count). The zero-order valence-corrected chi connectivity index (χ0v) is 16.4. The van der Waals surface area contributed by atoms with Crippen LogP contribution in [-0.4, -0.2) is 76.4 Å². The SMILES string of the molecule is CC(COC1CCN(C2CCN(c3cnc(C(F)(F)F)cn3)CC2)C1=O)NC(=O)O. The summed E-state index contributed by atoms with van der Waals surface area (Å²) in [6.07, 6.45) is -2.51. The van der Waals surface area contributed by atoms with Crippen molar-refractivity contribution in [2.45, 2.75) is 50.6 Å². The molecule has 2 amide bonds. The number of anilines is 1. The van der Waals surface area contributed by atoms with E-state index in [1.807, 2.05) is 4.90 Å². The number of alkyl halides is 3. The lowest BCUT2D eigenvalue weighted by molar-refractivity contribution is -0.141. The number of amides is 2. The van der Waals surface area contributed by atoms with Gasteiger partial charge in [0, 0.05) is 32.1 Å².